The Morgan fingerprint density at radius 1 is 1.14 bits per heavy atom. The molecule has 2 aromatic heterocycles. The molecule has 3 aromatic rings. The Hall–Kier alpha value is -3.28. The first-order valence-corrected chi connectivity index (χ1v) is 9.52. The molecule has 1 aromatic carbocycles. The van der Waals surface area contributed by atoms with Gasteiger partial charge >= 0.3 is 0 Å². The predicted octanol–water partition coefficient (Wildman–Crippen LogP) is 3.77. The van der Waals surface area contributed by atoms with E-state index < -0.39 is 0 Å². The predicted molar refractivity (Wildman–Crippen MR) is 102 cm³/mol. The number of hydrogen-bond acceptors (Lipinski definition) is 4. The number of furan rings is 2. The summed E-state index contributed by atoms with van der Waals surface area (Å²) < 4.78 is 11.0. The summed E-state index contributed by atoms with van der Waals surface area (Å²) in [5.41, 5.74) is 3.65. The van der Waals surface area contributed by atoms with Crippen molar-refractivity contribution in [1.82, 2.24) is 5.32 Å². The monoisotopic (exact) mass is 376 g/mol. The van der Waals surface area contributed by atoms with Crippen molar-refractivity contribution in [2.24, 2.45) is 0 Å². The summed E-state index contributed by atoms with van der Waals surface area (Å²) in [6.45, 7) is 0.316. The second-order valence-electron chi connectivity index (χ2n) is 7.28. The van der Waals surface area contributed by atoms with Crippen LogP contribution in [0.25, 0.3) is 0 Å². The van der Waals surface area contributed by atoms with Gasteiger partial charge in [0.2, 0.25) is 5.91 Å². The average Bonchev–Trinajstić information content (AvgIpc) is 3.42. The number of carbonyl (C=O) groups excluding carboxylic acids is 2. The van der Waals surface area contributed by atoms with Gasteiger partial charge in [0.25, 0.3) is 5.91 Å². The molecule has 6 nitrogen and oxygen atoms in total. The average molecular weight is 376 g/mol. The molecule has 1 aliphatic heterocycles. The Labute approximate surface area is 162 Å². The number of fused-ring (bicyclic) bond motifs is 2. The van der Waals surface area contributed by atoms with Gasteiger partial charge in [-0.25, -0.2) is 0 Å². The summed E-state index contributed by atoms with van der Waals surface area (Å²) >= 11 is 0. The Kier molecular flexibility index (Phi) is 4.04. The van der Waals surface area contributed by atoms with E-state index in [1.807, 2.05) is 30.3 Å². The zero-order chi connectivity index (χ0) is 19.1. The highest BCUT2D eigenvalue weighted by Gasteiger charge is 2.30. The van der Waals surface area contributed by atoms with E-state index in [1.165, 1.54) is 6.26 Å². The fourth-order valence-corrected chi connectivity index (χ4v) is 4.18. The zero-order valence-corrected chi connectivity index (χ0v) is 15.3. The van der Waals surface area contributed by atoms with Crippen LogP contribution in [0.15, 0.2) is 57.8 Å². The fourth-order valence-electron chi connectivity index (χ4n) is 4.18. The number of anilines is 1. The molecule has 0 radical (unpaired) electrons. The normalized spacial score (nSPS) is 18.1. The molecular weight excluding hydrogens is 356 g/mol. The summed E-state index contributed by atoms with van der Waals surface area (Å²) in [6, 6.07) is 11.3. The van der Waals surface area contributed by atoms with Crippen LogP contribution in [0.2, 0.25) is 0 Å². The minimum atomic E-state index is -0.265. The number of nitrogens with one attached hydrogen (secondary N) is 1. The third-order valence-corrected chi connectivity index (χ3v) is 5.56. The minimum absolute atomic E-state index is 0.0316. The first-order chi connectivity index (χ1) is 13.7. The number of rotatable bonds is 4. The van der Waals surface area contributed by atoms with Crippen molar-refractivity contribution in [3.05, 3.63) is 77.1 Å². The molecule has 1 aliphatic carbocycles. The topological polar surface area (TPSA) is 75.7 Å². The van der Waals surface area contributed by atoms with E-state index in [4.69, 9.17) is 8.83 Å². The van der Waals surface area contributed by atoms with E-state index in [2.05, 4.69) is 5.32 Å². The molecule has 0 saturated heterocycles. The van der Waals surface area contributed by atoms with Gasteiger partial charge in [-0.2, -0.15) is 0 Å². The van der Waals surface area contributed by atoms with E-state index in [0.717, 1.165) is 41.8 Å². The van der Waals surface area contributed by atoms with Crippen molar-refractivity contribution in [2.45, 2.75) is 38.3 Å². The van der Waals surface area contributed by atoms with Crippen molar-refractivity contribution in [1.29, 1.82) is 0 Å². The second-order valence-corrected chi connectivity index (χ2v) is 7.28. The molecule has 0 fully saturated rings. The van der Waals surface area contributed by atoms with E-state index >= 15 is 0 Å². The lowest BCUT2D eigenvalue weighted by molar-refractivity contribution is -0.117. The lowest BCUT2D eigenvalue weighted by Gasteiger charge is -2.22. The van der Waals surface area contributed by atoms with Gasteiger partial charge < -0.3 is 19.1 Å². The van der Waals surface area contributed by atoms with Gasteiger partial charge in [0.15, 0.2) is 5.76 Å². The van der Waals surface area contributed by atoms with Crippen LogP contribution in [0.5, 0.6) is 0 Å². The third kappa shape index (κ3) is 2.81. The molecule has 142 valence electrons. The fraction of sp³-hybridized carbons (Fsp3) is 0.273. The molecule has 28 heavy (non-hydrogen) atoms. The lowest BCUT2D eigenvalue weighted by atomic mass is 9.93. The van der Waals surface area contributed by atoms with Gasteiger partial charge in [-0.3, -0.25) is 9.59 Å². The number of benzene rings is 1. The molecule has 0 spiro atoms. The second kappa shape index (κ2) is 6.71. The molecule has 1 atom stereocenters. The largest absolute Gasteiger partial charge is 0.469 e. The quantitative estimate of drug-likeness (QED) is 0.752. The highest BCUT2D eigenvalue weighted by molar-refractivity contribution is 6.01. The SMILES string of the molecule is O=C(NC1CCCc2occc21)c1occc1CN1C(=O)Cc2ccccc21. The van der Waals surface area contributed by atoms with Crippen LogP contribution in [0, 0.1) is 0 Å². The molecule has 3 heterocycles. The maximum absolute atomic E-state index is 12.9. The summed E-state index contributed by atoms with van der Waals surface area (Å²) in [7, 11) is 0. The number of nitrogens with zero attached hydrogens (tertiary/aromatic N) is 1. The molecule has 1 N–H and O–H groups in total. The number of carbonyl (C=O) groups is 2. The smallest absolute Gasteiger partial charge is 0.287 e. The molecule has 1 unspecified atom stereocenters. The van der Waals surface area contributed by atoms with Gasteiger partial charge in [-0.1, -0.05) is 18.2 Å². The molecule has 6 heteroatoms. The maximum atomic E-state index is 12.9. The molecule has 5 rings (SSSR count). The van der Waals surface area contributed by atoms with E-state index in [0.29, 0.717) is 18.5 Å². The van der Waals surface area contributed by atoms with Gasteiger partial charge in [0, 0.05) is 23.2 Å². The number of para-hydroxylation sites is 1. The molecule has 0 saturated carbocycles. The maximum Gasteiger partial charge on any atom is 0.287 e. The van der Waals surface area contributed by atoms with Crippen molar-refractivity contribution in [2.75, 3.05) is 4.90 Å². The number of aryl methyl sites for hydroxylation is 1. The van der Waals surface area contributed by atoms with Crippen LogP contribution >= 0.6 is 0 Å². The lowest BCUT2D eigenvalue weighted by Crippen LogP contribution is -2.32. The van der Waals surface area contributed by atoms with Gasteiger partial charge in [0.05, 0.1) is 31.5 Å². The van der Waals surface area contributed by atoms with Crippen molar-refractivity contribution in [3.63, 3.8) is 0 Å². The van der Waals surface area contributed by atoms with Gasteiger partial charge in [0.1, 0.15) is 5.76 Å². The molecular formula is C22H20N2O4. The Balaban J connectivity index is 1.36. The minimum Gasteiger partial charge on any atom is -0.469 e. The molecule has 2 amide bonds. The van der Waals surface area contributed by atoms with E-state index in [-0.39, 0.29) is 23.6 Å². The first kappa shape index (κ1) is 16.9. The highest BCUT2D eigenvalue weighted by atomic mass is 16.3. The van der Waals surface area contributed by atoms with Gasteiger partial charge in [-0.05, 0) is 36.6 Å². The summed E-state index contributed by atoms with van der Waals surface area (Å²) in [5.74, 6) is 0.964. The van der Waals surface area contributed by atoms with E-state index in [9.17, 15) is 9.59 Å². The van der Waals surface area contributed by atoms with Crippen molar-refractivity contribution in [3.8, 4) is 0 Å². The van der Waals surface area contributed by atoms with Crippen LogP contribution < -0.4 is 10.2 Å². The van der Waals surface area contributed by atoms with Crippen LogP contribution in [-0.4, -0.2) is 11.8 Å². The zero-order valence-electron chi connectivity index (χ0n) is 15.3. The van der Waals surface area contributed by atoms with Crippen LogP contribution in [0.1, 0.15) is 51.9 Å². The summed E-state index contributed by atoms with van der Waals surface area (Å²) in [6.07, 6.45) is 6.30. The molecule has 0 bridgehead atoms. The molecule has 2 aliphatic rings. The Morgan fingerprint density at radius 3 is 2.93 bits per heavy atom. The summed E-state index contributed by atoms with van der Waals surface area (Å²) in [4.78, 5) is 27.1. The van der Waals surface area contributed by atoms with Crippen molar-refractivity contribution < 1.29 is 18.4 Å². The van der Waals surface area contributed by atoms with Crippen molar-refractivity contribution >= 4 is 17.5 Å². The number of amides is 2. The van der Waals surface area contributed by atoms with Crippen LogP contribution in [-0.2, 0) is 24.2 Å². The Morgan fingerprint density at radius 2 is 2.00 bits per heavy atom. The van der Waals surface area contributed by atoms with Gasteiger partial charge in [-0.15, -0.1) is 0 Å². The third-order valence-electron chi connectivity index (χ3n) is 5.56. The Bertz CT molecular complexity index is 1050. The standard InChI is InChI=1S/C22H20N2O4/c25-20-12-14-4-1-2-6-18(14)24(20)13-15-8-10-28-21(15)22(26)23-17-5-3-7-19-16(17)9-11-27-19/h1-2,4,6,8-11,17H,3,5,7,12-13H2,(H,23,26). The first-order valence-electron chi connectivity index (χ1n) is 9.52. The number of hydrogen-bond donors (Lipinski definition) is 1. The van der Waals surface area contributed by atoms with Crippen LogP contribution in [0.4, 0.5) is 5.69 Å². The summed E-state index contributed by atoms with van der Waals surface area (Å²) in [5, 5.41) is 3.06. The van der Waals surface area contributed by atoms with Crippen LogP contribution in [0.3, 0.4) is 0 Å². The highest BCUT2D eigenvalue weighted by Crippen LogP contribution is 2.32. The van der Waals surface area contributed by atoms with E-state index in [1.54, 1.807) is 17.2 Å².